The molecule has 9 nitrogen and oxygen atoms in total. The lowest BCUT2D eigenvalue weighted by Crippen LogP contribution is -2.31. The molecule has 198 valence electrons. The number of hydrogen-bond acceptors (Lipinski definition) is 7. The van der Waals surface area contributed by atoms with Gasteiger partial charge in [0.1, 0.15) is 18.1 Å². The number of benzene rings is 2. The first kappa shape index (κ1) is 26.5. The molecule has 1 atom stereocenters. The number of aryl methyl sites for hydroxylation is 1. The standard InChI is InChI=1S/C29H31N3O6/c1-4-17-38-23-12-9-21(18-24(23)37-5-2)26-25(27(33)20-7-10-22(36-3)11-8-20)28(34)29(35)32(26)15-6-14-31-16-13-30-19-31/h4,7-13,16,18-19,26,33H,1,5-6,14-15,17H2,2-3H3. The van der Waals surface area contributed by atoms with Crippen molar-refractivity contribution in [1.29, 1.82) is 0 Å². The van der Waals surface area contributed by atoms with Gasteiger partial charge in [0.25, 0.3) is 11.7 Å². The van der Waals surface area contributed by atoms with Crippen molar-refractivity contribution in [2.45, 2.75) is 25.9 Å². The lowest BCUT2D eigenvalue weighted by atomic mass is 9.95. The third kappa shape index (κ3) is 5.56. The first-order valence-electron chi connectivity index (χ1n) is 12.4. The van der Waals surface area contributed by atoms with Crippen LogP contribution in [0.4, 0.5) is 0 Å². The van der Waals surface area contributed by atoms with Crippen molar-refractivity contribution < 1.29 is 28.9 Å². The number of Topliss-reactive ketones (excluding diaryl/α,β-unsaturated/α-hetero) is 1. The van der Waals surface area contributed by atoms with Crippen molar-refractivity contribution in [3.8, 4) is 17.2 Å². The van der Waals surface area contributed by atoms with Crippen LogP contribution >= 0.6 is 0 Å². The molecule has 0 aliphatic carbocycles. The summed E-state index contributed by atoms with van der Waals surface area (Å²) in [7, 11) is 1.54. The summed E-state index contributed by atoms with van der Waals surface area (Å²) >= 11 is 0. The van der Waals surface area contributed by atoms with Crippen molar-refractivity contribution in [3.63, 3.8) is 0 Å². The van der Waals surface area contributed by atoms with Crippen LogP contribution in [0.5, 0.6) is 17.2 Å². The predicted octanol–water partition coefficient (Wildman–Crippen LogP) is 4.37. The number of ketones is 1. The number of aliphatic hydroxyl groups excluding tert-OH is 1. The van der Waals surface area contributed by atoms with Crippen molar-refractivity contribution in [2.24, 2.45) is 0 Å². The molecule has 0 bridgehead atoms. The Hall–Kier alpha value is -4.53. The van der Waals surface area contributed by atoms with E-state index in [1.165, 1.54) is 4.90 Å². The number of carbonyl (C=O) groups excluding carboxylic acids is 2. The monoisotopic (exact) mass is 517 g/mol. The Morgan fingerprint density at radius 1 is 1.11 bits per heavy atom. The van der Waals surface area contributed by atoms with Crippen LogP contribution in [0.25, 0.3) is 5.76 Å². The van der Waals surface area contributed by atoms with Crippen LogP contribution in [-0.4, -0.2) is 58.1 Å². The maximum absolute atomic E-state index is 13.3. The first-order valence-corrected chi connectivity index (χ1v) is 12.4. The van der Waals surface area contributed by atoms with E-state index in [1.54, 1.807) is 68.2 Å². The highest BCUT2D eigenvalue weighted by Crippen LogP contribution is 2.42. The lowest BCUT2D eigenvalue weighted by molar-refractivity contribution is -0.139. The number of hydrogen-bond donors (Lipinski definition) is 1. The summed E-state index contributed by atoms with van der Waals surface area (Å²) in [5, 5.41) is 11.3. The topological polar surface area (TPSA) is 103 Å². The minimum absolute atomic E-state index is 0.0185. The predicted molar refractivity (Wildman–Crippen MR) is 142 cm³/mol. The van der Waals surface area contributed by atoms with E-state index in [0.717, 1.165) is 0 Å². The Labute approximate surface area is 221 Å². The zero-order chi connectivity index (χ0) is 27.1. The molecule has 0 spiro atoms. The summed E-state index contributed by atoms with van der Waals surface area (Å²) in [6, 6.07) is 11.1. The third-order valence-electron chi connectivity index (χ3n) is 6.22. The number of nitrogens with zero attached hydrogens (tertiary/aromatic N) is 3. The van der Waals surface area contributed by atoms with Crippen LogP contribution < -0.4 is 14.2 Å². The average Bonchev–Trinajstić information content (AvgIpc) is 3.54. The molecular formula is C29H31N3O6. The largest absolute Gasteiger partial charge is 0.507 e. The van der Waals surface area contributed by atoms with Gasteiger partial charge in [-0.3, -0.25) is 9.59 Å². The van der Waals surface area contributed by atoms with E-state index in [-0.39, 0.29) is 11.3 Å². The van der Waals surface area contributed by atoms with E-state index in [1.807, 2.05) is 17.7 Å². The quantitative estimate of drug-likeness (QED) is 0.165. The number of amides is 1. The van der Waals surface area contributed by atoms with E-state index in [0.29, 0.717) is 61.1 Å². The summed E-state index contributed by atoms with van der Waals surface area (Å²) in [6.07, 6.45) is 7.44. The number of aliphatic hydroxyl groups is 1. The summed E-state index contributed by atoms with van der Waals surface area (Å²) in [5.74, 6) is -0.0628. The molecule has 1 amide bonds. The number of likely N-dealkylation sites (tertiary alicyclic amines) is 1. The molecule has 9 heteroatoms. The lowest BCUT2D eigenvalue weighted by Gasteiger charge is -2.26. The fraction of sp³-hybridized carbons (Fsp3) is 0.276. The van der Waals surface area contributed by atoms with Crippen LogP contribution in [0.2, 0.25) is 0 Å². The maximum Gasteiger partial charge on any atom is 0.295 e. The van der Waals surface area contributed by atoms with Crippen LogP contribution in [0.1, 0.15) is 30.5 Å². The van der Waals surface area contributed by atoms with Gasteiger partial charge < -0.3 is 28.8 Å². The number of methoxy groups -OCH3 is 1. The molecule has 1 saturated heterocycles. The zero-order valence-electron chi connectivity index (χ0n) is 21.5. The summed E-state index contributed by atoms with van der Waals surface area (Å²) in [5.41, 5.74) is 1.05. The molecule has 1 unspecified atom stereocenters. The third-order valence-corrected chi connectivity index (χ3v) is 6.22. The number of carbonyl (C=O) groups is 2. The minimum Gasteiger partial charge on any atom is -0.507 e. The maximum atomic E-state index is 13.3. The molecule has 2 aromatic carbocycles. The highest BCUT2D eigenvalue weighted by Gasteiger charge is 2.46. The highest BCUT2D eigenvalue weighted by atomic mass is 16.5. The molecule has 1 aliphatic heterocycles. The average molecular weight is 518 g/mol. The second-order valence-electron chi connectivity index (χ2n) is 8.61. The molecule has 3 aromatic rings. The zero-order valence-corrected chi connectivity index (χ0v) is 21.5. The molecule has 0 saturated carbocycles. The van der Waals surface area contributed by atoms with E-state index in [9.17, 15) is 14.7 Å². The van der Waals surface area contributed by atoms with Crippen LogP contribution in [0, 0.1) is 0 Å². The van der Waals surface area contributed by atoms with Crippen molar-refractivity contribution >= 4 is 17.4 Å². The molecule has 1 fully saturated rings. The van der Waals surface area contributed by atoms with Crippen molar-refractivity contribution in [3.05, 3.63) is 90.5 Å². The van der Waals surface area contributed by atoms with Gasteiger partial charge in [0.2, 0.25) is 0 Å². The van der Waals surface area contributed by atoms with Crippen LogP contribution in [0.3, 0.4) is 0 Å². The summed E-state index contributed by atoms with van der Waals surface area (Å²) in [6.45, 7) is 7.14. The molecule has 1 aromatic heterocycles. The van der Waals surface area contributed by atoms with E-state index < -0.39 is 17.7 Å². The molecule has 1 aliphatic rings. The second-order valence-corrected chi connectivity index (χ2v) is 8.61. The molecule has 4 rings (SSSR count). The normalized spacial score (nSPS) is 16.5. The van der Waals surface area contributed by atoms with Gasteiger partial charge in [-0.15, -0.1) is 0 Å². The minimum atomic E-state index is -0.812. The van der Waals surface area contributed by atoms with Gasteiger partial charge in [0, 0.05) is 31.0 Å². The molecule has 2 heterocycles. The number of ether oxygens (including phenoxy) is 3. The smallest absolute Gasteiger partial charge is 0.295 e. The van der Waals surface area contributed by atoms with E-state index in [4.69, 9.17) is 14.2 Å². The Morgan fingerprint density at radius 2 is 1.89 bits per heavy atom. The van der Waals surface area contributed by atoms with E-state index in [2.05, 4.69) is 11.6 Å². The SMILES string of the molecule is C=CCOc1ccc(C2C(=C(O)c3ccc(OC)cc3)C(=O)C(=O)N2CCCn2ccnc2)cc1OCC. The highest BCUT2D eigenvalue weighted by molar-refractivity contribution is 6.46. The van der Waals surface area contributed by atoms with Gasteiger partial charge in [-0.1, -0.05) is 18.7 Å². The second kappa shape index (κ2) is 12.1. The number of rotatable bonds is 12. The van der Waals surface area contributed by atoms with Crippen LogP contribution in [-0.2, 0) is 16.1 Å². The first-order chi connectivity index (χ1) is 18.5. The van der Waals surface area contributed by atoms with Gasteiger partial charge in [-0.2, -0.15) is 0 Å². The van der Waals surface area contributed by atoms with Gasteiger partial charge in [0.15, 0.2) is 11.5 Å². The Kier molecular flexibility index (Phi) is 8.47. The van der Waals surface area contributed by atoms with Gasteiger partial charge in [-0.25, -0.2) is 4.98 Å². The Morgan fingerprint density at radius 3 is 2.55 bits per heavy atom. The fourth-order valence-corrected chi connectivity index (χ4v) is 4.44. The molecule has 38 heavy (non-hydrogen) atoms. The van der Waals surface area contributed by atoms with Crippen molar-refractivity contribution in [1.82, 2.24) is 14.5 Å². The Bertz CT molecular complexity index is 1310. The Balaban J connectivity index is 1.77. The summed E-state index contributed by atoms with van der Waals surface area (Å²) < 4.78 is 18.6. The van der Waals surface area contributed by atoms with E-state index >= 15 is 0 Å². The van der Waals surface area contributed by atoms with Gasteiger partial charge in [0.05, 0.1) is 31.7 Å². The number of imidazole rings is 1. The number of aromatic nitrogens is 2. The molecule has 0 radical (unpaired) electrons. The van der Waals surface area contributed by atoms with Crippen molar-refractivity contribution in [2.75, 3.05) is 26.9 Å². The van der Waals surface area contributed by atoms with Crippen LogP contribution in [0.15, 0.2) is 79.4 Å². The van der Waals surface area contributed by atoms with Gasteiger partial charge in [-0.05, 0) is 55.3 Å². The summed E-state index contributed by atoms with van der Waals surface area (Å²) in [4.78, 5) is 32.2. The fourth-order valence-electron chi connectivity index (χ4n) is 4.44. The molecular weight excluding hydrogens is 486 g/mol. The van der Waals surface area contributed by atoms with Gasteiger partial charge >= 0.3 is 0 Å². The molecule has 1 N–H and O–H groups in total.